The van der Waals surface area contributed by atoms with Crippen LogP contribution < -0.4 is 10.6 Å². The van der Waals surface area contributed by atoms with Gasteiger partial charge in [0.15, 0.2) is 5.96 Å². The van der Waals surface area contributed by atoms with Crippen LogP contribution in [0, 0.1) is 5.92 Å². The fourth-order valence-electron chi connectivity index (χ4n) is 3.33. The largest absolute Gasteiger partial charge is 0.383 e. The van der Waals surface area contributed by atoms with Gasteiger partial charge in [-0.05, 0) is 38.8 Å². The fraction of sp³-hybridized carbons (Fsp3) is 0.944. The van der Waals surface area contributed by atoms with Crippen molar-refractivity contribution in [1.82, 2.24) is 20.4 Å². The highest BCUT2D eigenvalue weighted by Crippen LogP contribution is 2.17. The zero-order chi connectivity index (χ0) is 17.7. The van der Waals surface area contributed by atoms with Gasteiger partial charge in [0.05, 0.1) is 19.8 Å². The van der Waals surface area contributed by atoms with Crippen molar-refractivity contribution in [2.45, 2.75) is 19.8 Å². The van der Waals surface area contributed by atoms with Crippen LogP contribution in [0.1, 0.15) is 19.8 Å². The molecule has 8 heteroatoms. The second-order valence-electron chi connectivity index (χ2n) is 6.88. The second-order valence-corrected chi connectivity index (χ2v) is 6.88. The lowest BCUT2D eigenvalue weighted by Crippen LogP contribution is -2.44. The van der Waals surface area contributed by atoms with Gasteiger partial charge in [-0.3, -0.25) is 9.89 Å². The molecule has 0 bridgehead atoms. The zero-order valence-electron chi connectivity index (χ0n) is 16.5. The summed E-state index contributed by atoms with van der Waals surface area (Å²) in [5, 5.41) is 6.84. The quantitative estimate of drug-likeness (QED) is 0.288. The molecule has 2 saturated heterocycles. The molecule has 0 atom stereocenters. The van der Waals surface area contributed by atoms with Crippen molar-refractivity contribution in [2.24, 2.45) is 10.9 Å². The van der Waals surface area contributed by atoms with Gasteiger partial charge in [-0.15, -0.1) is 24.0 Å². The number of guanidine groups is 1. The zero-order valence-corrected chi connectivity index (χ0v) is 18.9. The summed E-state index contributed by atoms with van der Waals surface area (Å²) < 4.78 is 10.6. The van der Waals surface area contributed by atoms with Crippen molar-refractivity contribution in [1.29, 1.82) is 0 Å². The number of rotatable bonds is 9. The minimum atomic E-state index is 0. The molecule has 0 aromatic heterocycles. The number of aliphatic imine (C=N–C) groups is 1. The molecule has 2 aliphatic rings. The molecule has 2 fully saturated rings. The van der Waals surface area contributed by atoms with Gasteiger partial charge < -0.3 is 25.0 Å². The molecular formula is C18H38IN5O2. The molecule has 2 heterocycles. The maximum Gasteiger partial charge on any atom is 0.191 e. The number of hydrogen-bond donors (Lipinski definition) is 2. The fourth-order valence-corrected chi connectivity index (χ4v) is 3.33. The van der Waals surface area contributed by atoms with E-state index in [9.17, 15) is 0 Å². The third-order valence-corrected chi connectivity index (χ3v) is 4.99. The Morgan fingerprint density at radius 1 is 1.08 bits per heavy atom. The predicted molar refractivity (Wildman–Crippen MR) is 118 cm³/mol. The van der Waals surface area contributed by atoms with Gasteiger partial charge >= 0.3 is 0 Å². The van der Waals surface area contributed by atoms with Crippen LogP contribution in [0.3, 0.4) is 0 Å². The lowest BCUT2D eigenvalue weighted by Gasteiger charge is -2.31. The van der Waals surface area contributed by atoms with Crippen molar-refractivity contribution in [3.05, 3.63) is 0 Å². The average Bonchev–Trinajstić information content (AvgIpc) is 2.66. The predicted octanol–water partition coefficient (Wildman–Crippen LogP) is 0.850. The van der Waals surface area contributed by atoms with Crippen LogP contribution in [-0.4, -0.2) is 102 Å². The Bertz CT molecular complexity index is 373. The minimum absolute atomic E-state index is 0. The van der Waals surface area contributed by atoms with E-state index in [0.717, 1.165) is 71.6 Å². The minimum Gasteiger partial charge on any atom is -0.383 e. The maximum absolute atomic E-state index is 5.39. The maximum atomic E-state index is 5.39. The summed E-state index contributed by atoms with van der Waals surface area (Å²) >= 11 is 0. The van der Waals surface area contributed by atoms with E-state index >= 15 is 0 Å². The molecule has 2 N–H and O–H groups in total. The number of likely N-dealkylation sites (tertiary alicyclic amines) is 1. The van der Waals surface area contributed by atoms with Crippen LogP contribution >= 0.6 is 24.0 Å². The van der Waals surface area contributed by atoms with Crippen molar-refractivity contribution >= 4 is 29.9 Å². The van der Waals surface area contributed by atoms with Crippen LogP contribution in [0.25, 0.3) is 0 Å². The summed E-state index contributed by atoms with van der Waals surface area (Å²) in [4.78, 5) is 9.75. The lowest BCUT2D eigenvalue weighted by molar-refractivity contribution is 0.0389. The first-order valence-corrected chi connectivity index (χ1v) is 9.85. The Balaban J connectivity index is 0.00000338. The van der Waals surface area contributed by atoms with Gasteiger partial charge in [0.2, 0.25) is 0 Å². The standard InChI is InChI=1S/C18H37N5O2.HI/c1-3-19-18(20-6-9-23-11-14-25-15-12-23)21-16-17-4-7-22(8-5-17)10-13-24-2;/h17H,3-16H2,1-2H3,(H2,19,20,21);1H. The Hall–Kier alpha value is -0.160. The first kappa shape index (κ1) is 23.9. The van der Waals surface area contributed by atoms with Gasteiger partial charge in [-0.2, -0.15) is 0 Å². The molecule has 7 nitrogen and oxygen atoms in total. The monoisotopic (exact) mass is 483 g/mol. The number of piperidine rings is 1. The number of nitrogens with zero attached hydrogens (tertiary/aromatic N) is 3. The van der Waals surface area contributed by atoms with Crippen molar-refractivity contribution in [3.8, 4) is 0 Å². The first-order valence-electron chi connectivity index (χ1n) is 9.85. The summed E-state index contributed by atoms with van der Waals surface area (Å²) in [7, 11) is 1.77. The normalized spacial score (nSPS) is 20.6. The number of nitrogens with one attached hydrogen (secondary N) is 2. The summed E-state index contributed by atoms with van der Waals surface area (Å²) in [6, 6.07) is 0. The molecule has 2 aliphatic heterocycles. The topological polar surface area (TPSA) is 61.4 Å². The highest BCUT2D eigenvalue weighted by Gasteiger charge is 2.18. The van der Waals surface area contributed by atoms with E-state index in [0.29, 0.717) is 5.92 Å². The third-order valence-electron chi connectivity index (χ3n) is 4.99. The van der Waals surface area contributed by atoms with E-state index in [1.807, 2.05) is 0 Å². The van der Waals surface area contributed by atoms with Crippen LogP contribution in [0.5, 0.6) is 0 Å². The summed E-state index contributed by atoms with van der Waals surface area (Å²) in [5.41, 5.74) is 0. The number of halogens is 1. The van der Waals surface area contributed by atoms with Gasteiger partial charge in [0, 0.05) is 52.9 Å². The average molecular weight is 483 g/mol. The first-order chi connectivity index (χ1) is 12.3. The number of hydrogen-bond acceptors (Lipinski definition) is 5. The summed E-state index contributed by atoms with van der Waals surface area (Å²) in [6.07, 6.45) is 2.47. The molecule has 0 spiro atoms. The molecule has 0 radical (unpaired) electrons. The Morgan fingerprint density at radius 2 is 1.77 bits per heavy atom. The number of methoxy groups -OCH3 is 1. The summed E-state index contributed by atoms with van der Waals surface area (Å²) in [6.45, 7) is 13.9. The number of ether oxygens (including phenoxy) is 2. The van der Waals surface area contributed by atoms with Crippen LogP contribution in [-0.2, 0) is 9.47 Å². The highest BCUT2D eigenvalue weighted by atomic mass is 127. The van der Waals surface area contributed by atoms with Crippen molar-refractivity contribution in [2.75, 3.05) is 85.8 Å². The Labute approximate surface area is 176 Å². The van der Waals surface area contributed by atoms with Crippen molar-refractivity contribution in [3.63, 3.8) is 0 Å². The van der Waals surface area contributed by atoms with Gasteiger partial charge in [0.1, 0.15) is 0 Å². The molecule has 0 aromatic rings. The molecular weight excluding hydrogens is 445 g/mol. The summed E-state index contributed by atoms with van der Waals surface area (Å²) in [5.74, 6) is 1.66. The Morgan fingerprint density at radius 3 is 2.42 bits per heavy atom. The van der Waals surface area contributed by atoms with Gasteiger partial charge in [-0.25, -0.2) is 0 Å². The smallest absolute Gasteiger partial charge is 0.191 e. The SMILES string of the molecule is CCNC(=NCC1CCN(CCOC)CC1)NCCN1CCOCC1.I. The van der Waals surface area contributed by atoms with Crippen LogP contribution in [0.4, 0.5) is 0 Å². The second kappa shape index (κ2) is 14.8. The Kier molecular flexibility index (Phi) is 13.6. The molecule has 26 heavy (non-hydrogen) atoms. The van der Waals surface area contributed by atoms with Crippen LogP contribution in [0.2, 0.25) is 0 Å². The van der Waals surface area contributed by atoms with E-state index in [1.54, 1.807) is 7.11 Å². The highest BCUT2D eigenvalue weighted by molar-refractivity contribution is 14.0. The molecule has 154 valence electrons. The third kappa shape index (κ3) is 9.68. The molecule has 2 rings (SSSR count). The van der Waals surface area contributed by atoms with Crippen molar-refractivity contribution < 1.29 is 9.47 Å². The van der Waals surface area contributed by atoms with E-state index in [1.165, 1.54) is 25.9 Å². The molecule has 0 aliphatic carbocycles. The van der Waals surface area contributed by atoms with Gasteiger partial charge in [0.25, 0.3) is 0 Å². The van der Waals surface area contributed by atoms with E-state index in [2.05, 4.69) is 27.4 Å². The molecule has 0 amide bonds. The molecule has 0 aromatic carbocycles. The van der Waals surface area contributed by atoms with Crippen LogP contribution in [0.15, 0.2) is 4.99 Å². The van der Waals surface area contributed by atoms with E-state index in [-0.39, 0.29) is 24.0 Å². The number of morpholine rings is 1. The van der Waals surface area contributed by atoms with Gasteiger partial charge in [-0.1, -0.05) is 0 Å². The lowest BCUT2D eigenvalue weighted by atomic mass is 9.97. The molecule has 0 unspecified atom stereocenters. The molecule has 0 saturated carbocycles. The van der Waals surface area contributed by atoms with E-state index < -0.39 is 0 Å². The van der Waals surface area contributed by atoms with E-state index in [4.69, 9.17) is 14.5 Å².